The molecule has 0 unspecified atom stereocenters. The van der Waals surface area contributed by atoms with Gasteiger partial charge in [0.05, 0.1) is 0 Å². The molecule has 4 N–H and O–H groups in total. The maximum Gasteiger partial charge on any atom is 0.248 e. The first-order valence-corrected chi connectivity index (χ1v) is 5.83. The van der Waals surface area contributed by atoms with E-state index < -0.39 is 5.91 Å². The molecule has 2 rings (SSSR count). The van der Waals surface area contributed by atoms with E-state index in [-0.39, 0.29) is 0 Å². The molecule has 1 amide bonds. The highest BCUT2D eigenvalue weighted by atomic mass is 16.1. The van der Waals surface area contributed by atoms with Crippen LogP contribution in [0.1, 0.15) is 21.5 Å². The lowest BCUT2D eigenvalue weighted by molar-refractivity contribution is 0.1000. The van der Waals surface area contributed by atoms with Crippen molar-refractivity contribution in [2.75, 3.05) is 0 Å². The predicted octanol–water partition coefficient (Wildman–Crippen LogP) is 2.22. The molecule has 0 atom stereocenters. The van der Waals surface area contributed by atoms with Crippen LogP contribution in [0, 0.1) is 6.92 Å². The number of carbonyl (C=O) groups is 1. The summed E-state index contributed by atoms with van der Waals surface area (Å²) in [6, 6.07) is 13.5. The lowest BCUT2D eigenvalue weighted by atomic mass is 9.93. The second-order valence-electron chi connectivity index (χ2n) is 4.20. The van der Waals surface area contributed by atoms with Crippen molar-refractivity contribution in [3.05, 3.63) is 59.2 Å². The second-order valence-corrected chi connectivity index (χ2v) is 4.20. The molecule has 92 valence electrons. The van der Waals surface area contributed by atoms with Gasteiger partial charge in [-0.25, -0.2) is 0 Å². The lowest BCUT2D eigenvalue weighted by Crippen LogP contribution is -2.13. The number of carbonyl (C=O) groups excluding carboxylic acids is 1. The summed E-state index contributed by atoms with van der Waals surface area (Å²) >= 11 is 0. The fourth-order valence-electron chi connectivity index (χ4n) is 2.16. The number of primary amides is 1. The molecule has 0 aliphatic carbocycles. The largest absolute Gasteiger partial charge is 0.366 e. The molecule has 0 aliphatic rings. The van der Waals surface area contributed by atoms with Gasteiger partial charge in [-0.3, -0.25) is 4.79 Å². The Morgan fingerprint density at radius 3 is 2.39 bits per heavy atom. The summed E-state index contributed by atoms with van der Waals surface area (Å²) in [6.45, 7) is 2.37. The average Bonchev–Trinajstić information content (AvgIpc) is 2.38. The van der Waals surface area contributed by atoms with Crippen LogP contribution in [0.25, 0.3) is 11.1 Å². The Kier molecular flexibility index (Phi) is 3.44. The molecule has 0 aromatic heterocycles. The first-order chi connectivity index (χ1) is 8.65. The Balaban J connectivity index is 2.64. The molecule has 0 heterocycles. The van der Waals surface area contributed by atoms with E-state index in [4.69, 9.17) is 11.5 Å². The van der Waals surface area contributed by atoms with Gasteiger partial charge in [0.15, 0.2) is 0 Å². The van der Waals surface area contributed by atoms with Crippen molar-refractivity contribution >= 4 is 5.91 Å². The van der Waals surface area contributed by atoms with Crippen molar-refractivity contribution in [3.8, 4) is 11.1 Å². The number of hydrogen-bond acceptors (Lipinski definition) is 2. The molecule has 3 nitrogen and oxygen atoms in total. The zero-order valence-corrected chi connectivity index (χ0v) is 10.3. The number of amides is 1. The molecule has 0 bridgehead atoms. The Hall–Kier alpha value is -2.13. The van der Waals surface area contributed by atoms with Crippen molar-refractivity contribution in [1.29, 1.82) is 0 Å². The van der Waals surface area contributed by atoms with Crippen molar-refractivity contribution in [2.24, 2.45) is 11.5 Å². The van der Waals surface area contributed by atoms with E-state index in [0.29, 0.717) is 12.1 Å². The van der Waals surface area contributed by atoms with Gasteiger partial charge in [0.2, 0.25) is 5.91 Å². The zero-order valence-electron chi connectivity index (χ0n) is 10.3. The minimum atomic E-state index is -0.403. The van der Waals surface area contributed by atoms with E-state index in [1.54, 1.807) is 6.07 Å². The molecule has 2 aromatic rings. The number of rotatable bonds is 3. The van der Waals surface area contributed by atoms with Crippen LogP contribution < -0.4 is 11.5 Å². The first-order valence-electron chi connectivity index (χ1n) is 5.83. The van der Waals surface area contributed by atoms with Crippen molar-refractivity contribution in [1.82, 2.24) is 0 Å². The van der Waals surface area contributed by atoms with Crippen molar-refractivity contribution in [3.63, 3.8) is 0 Å². The van der Waals surface area contributed by atoms with E-state index in [2.05, 4.69) is 0 Å². The van der Waals surface area contributed by atoms with E-state index in [1.807, 2.05) is 43.3 Å². The summed E-state index contributed by atoms with van der Waals surface area (Å²) < 4.78 is 0. The molecule has 0 saturated carbocycles. The van der Waals surface area contributed by atoms with Gasteiger partial charge in [-0.15, -0.1) is 0 Å². The van der Waals surface area contributed by atoms with Gasteiger partial charge in [-0.2, -0.15) is 0 Å². The molecule has 0 fully saturated rings. The van der Waals surface area contributed by atoms with Crippen molar-refractivity contribution < 1.29 is 4.79 Å². The standard InChI is InChI=1S/C15H16N2O/c1-10-12(7-4-8-13(10)15(17)18)14-6-3-2-5-11(14)9-16/h2-8H,9,16H2,1H3,(H2,17,18). The van der Waals surface area contributed by atoms with Gasteiger partial charge in [0, 0.05) is 12.1 Å². The van der Waals surface area contributed by atoms with Crippen LogP contribution in [0.3, 0.4) is 0 Å². The van der Waals surface area contributed by atoms with Crippen molar-refractivity contribution in [2.45, 2.75) is 13.5 Å². The molecular weight excluding hydrogens is 224 g/mol. The molecule has 0 spiro atoms. The second kappa shape index (κ2) is 5.02. The van der Waals surface area contributed by atoms with Gasteiger partial charge < -0.3 is 11.5 Å². The molecule has 0 radical (unpaired) electrons. The van der Waals surface area contributed by atoms with Crippen LogP contribution in [0.4, 0.5) is 0 Å². The summed E-state index contributed by atoms with van der Waals surface area (Å²) in [6.07, 6.45) is 0. The SMILES string of the molecule is Cc1c(C(N)=O)cccc1-c1ccccc1CN. The quantitative estimate of drug-likeness (QED) is 0.863. The van der Waals surface area contributed by atoms with Crippen LogP contribution in [-0.2, 0) is 6.54 Å². The highest BCUT2D eigenvalue weighted by Gasteiger charge is 2.11. The summed E-state index contributed by atoms with van der Waals surface area (Å²) in [4.78, 5) is 11.4. The van der Waals surface area contributed by atoms with Crippen LogP contribution >= 0.6 is 0 Å². The zero-order chi connectivity index (χ0) is 13.1. The summed E-state index contributed by atoms with van der Waals surface area (Å²) in [7, 11) is 0. The topological polar surface area (TPSA) is 69.1 Å². The summed E-state index contributed by atoms with van der Waals surface area (Å²) in [5.41, 5.74) is 15.7. The van der Waals surface area contributed by atoms with Gasteiger partial charge in [0.25, 0.3) is 0 Å². The van der Waals surface area contributed by atoms with Gasteiger partial charge in [-0.1, -0.05) is 36.4 Å². The third-order valence-corrected chi connectivity index (χ3v) is 3.13. The summed E-state index contributed by atoms with van der Waals surface area (Å²) in [5.74, 6) is -0.403. The van der Waals surface area contributed by atoms with Crippen LogP contribution in [-0.4, -0.2) is 5.91 Å². The Bertz CT molecular complexity index is 591. The minimum absolute atomic E-state index is 0.403. The Morgan fingerprint density at radius 1 is 1.06 bits per heavy atom. The third kappa shape index (κ3) is 2.13. The van der Waals surface area contributed by atoms with Gasteiger partial charge >= 0.3 is 0 Å². The van der Waals surface area contributed by atoms with E-state index in [1.165, 1.54) is 0 Å². The molecule has 0 saturated heterocycles. The average molecular weight is 240 g/mol. The minimum Gasteiger partial charge on any atom is -0.366 e. The van der Waals surface area contributed by atoms with E-state index in [9.17, 15) is 4.79 Å². The Labute approximate surface area is 106 Å². The Morgan fingerprint density at radius 2 is 1.72 bits per heavy atom. The molecule has 2 aromatic carbocycles. The van der Waals surface area contributed by atoms with Gasteiger partial charge in [-0.05, 0) is 35.2 Å². The fourth-order valence-corrected chi connectivity index (χ4v) is 2.16. The normalized spacial score (nSPS) is 10.3. The van der Waals surface area contributed by atoms with Crippen LogP contribution in [0.15, 0.2) is 42.5 Å². The molecule has 3 heteroatoms. The first kappa shape index (κ1) is 12.3. The summed E-state index contributed by atoms with van der Waals surface area (Å²) in [5, 5.41) is 0. The maximum absolute atomic E-state index is 11.4. The lowest BCUT2D eigenvalue weighted by Gasteiger charge is -2.12. The van der Waals surface area contributed by atoms with Crippen LogP contribution in [0.2, 0.25) is 0 Å². The predicted molar refractivity (Wildman–Crippen MR) is 73.0 cm³/mol. The monoisotopic (exact) mass is 240 g/mol. The fraction of sp³-hybridized carbons (Fsp3) is 0.133. The maximum atomic E-state index is 11.4. The number of hydrogen-bond donors (Lipinski definition) is 2. The third-order valence-electron chi connectivity index (χ3n) is 3.13. The highest BCUT2D eigenvalue weighted by molar-refractivity contribution is 5.96. The number of nitrogens with two attached hydrogens (primary N) is 2. The smallest absolute Gasteiger partial charge is 0.248 e. The molecule has 18 heavy (non-hydrogen) atoms. The molecule has 0 aliphatic heterocycles. The van der Waals surface area contributed by atoms with E-state index in [0.717, 1.165) is 22.3 Å². The van der Waals surface area contributed by atoms with Crippen LogP contribution in [0.5, 0.6) is 0 Å². The number of benzene rings is 2. The van der Waals surface area contributed by atoms with E-state index >= 15 is 0 Å². The molecular formula is C15H16N2O. The highest BCUT2D eigenvalue weighted by Crippen LogP contribution is 2.28. The van der Waals surface area contributed by atoms with Gasteiger partial charge in [0.1, 0.15) is 0 Å².